The van der Waals surface area contributed by atoms with Gasteiger partial charge in [-0.05, 0) is 42.7 Å². The molecule has 7 nitrogen and oxygen atoms in total. The third-order valence-electron chi connectivity index (χ3n) is 4.78. The number of anilines is 2. The van der Waals surface area contributed by atoms with Crippen molar-refractivity contribution in [2.24, 2.45) is 11.7 Å². The number of aromatic nitrogens is 1. The molecular weight excluding hydrogens is 344 g/mol. The number of nitrogens with two attached hydrogens (primary N) is 1. The molecule has 2 bridgehead atoms. The quantitative estimate of drug-likeness (QED) is 0.712. The molecule has 0 radical (unpaired) electrons. The van der Waals surface area contributed by atoms with E-state index in [0.717, 1.165) is 36.1 Å². The van der Waals surface area contributed by atoms with Crippen LogP contribution in [0.1, 0.15) is 37.9 Å². The monoisotopic (exact) mass is 368 g/mol. The van der Waals surface area contributed by atoms with Crippen LogP contribution in [0.25, 0.3) is 11.1 Å². The largest absolute Gasteiger partial charge is 0.453 e. The van der Waals surface area contributed by atoms with E-state index in [1.165, 1.54) is 7.11 Å². The summed E-state index contributed by atoms with van der Waals surface area (Å²) in [5.41, 5.74) is 10.0. The van der Waals surface area contributed by atoms with Crippen LogP contribution >= 0.6 is 0 Å². The molecule has 0 saturated carbocycles. The van der Waals surface area contributed by atoms with Crippen LogP contribution in [0.15, 0.2) is 36.5 Å². The van der Waals surface area contributed by atoms with Crippen LogP contribution in [-0.2, 0) is 9.53 Å². The van der Waals surface area contributed by atoms with Gasteiger partial charge >= 0.3 is 6.09 Å². The first kappa shape index (κ1) is 18.8. The van der Waals surface area contributed by atoms with E-state index in [1.807, 2.05) is 25.1 Å². The van der Waals surface area contributed by atoms with Gasteiger partial charge in [-0.2, -0.15) is 0 Å². The molecule has 1 aromatic heterocycles. The van der Waals surface area contributed by atoms with Gasteiger partial charge in [0.25, 0.3) is 0 Å². The van der Waals surface area contributed by atoms with Crippen molar-refractivity contribution in [2.75, 3.05) is 17.7 Å². The lowest BCUT2D eigenvalue weighted by Gasteiger charge is -2.19. The van der Waals surface area contributed by atoms with Crippen molar-refractivity contribution in [3.05, 3.63) is 42.2 Å². The van der Waals surface area contributed by atoms with E-state index >= 15 is 0 Å². The summed E-state index contributed by atoms with van der Waals surface area (Å²) in [6, 6.07) is 9.00. The van der Waals surface area contributed by atoms with Crippen molar-refractivity contribution in [1.82, 2.24) is 4.98 Å². The number of hydrogen-bond donors (Lipinski definition) is 3. The second-order valence-corrected chi connectivity index (χ2v) is 6.77. The normalized spacial score (nSPS) is 19.7. The van der Waals surface area contributed by atoms with Crippen molar-refractivity contribution < 1.29 is 14.3 Å². The molecule has 1 unspecified atom stereocenters. The van der Waals surface area contributed by atoms with Gasteiger partial charge in [-0.1, -0.05) is 19.4 Å². The number of nitrogens with one attached hydrogen (secondary N) is 2. The summed E-state index contributed by atoms with van der Waals surface area (Å²) in [4.78, 5) is 28.5. The van der Waals surface area contributed by atoms with E-state index in [2.05, 4.69) is 20.4 Å². The molecule has 2 heterocycles. The van der Waals surface area contributed by atoms with Crippen molar-refractivity contribution in [1.29, 1.82) is 0 Å². The Morgan fingerprint density at radius 2 is 2.11 bits per heavy atom. The zero-order chi connectivity index (χ0) is 19.4. The Bertz CT molecular complexity index is 853. The minimum atomic E-state index is -0.569. The van der Waals surface area contributed by atoms with E-state index < -0.39 is 6.09 Å². The SMILES string of the molecule is COC(=O)Nc1ccc2c(c1)NC(=O)[C@@H](C)CCCC(N)c1cc-2ccn1. The number of fused-ring (bicyclic) bond motifs is 4. The molecule has 0 spiro atoms. The number of benzene rings is 1. The zero-order valence-electron chi connectivity index (χ0n) is 15.5. The van der Waals surface area contributed by atoms with Crippen molar-refractivity contribution in [2.45, 2.75) is 32.2 Å². The Morgan fingerprint density at radius 1 is 1.30 bits per heavy atom. The first-order valence-corrected chi connectivity index (χ1v) is 8.99. The highest BCUT2D eigenvalue weighted by atomic mass is 16.5. The summed E-state index contributed by atoms with van der Waals surface area (Å²) in [5, 5.41) is 5.62. The summed E-state index contributed by atoms with van der Waals surface area (Å²) in [6.45, 7) is 1.90. The molecule has 1 aromatic carbocycles. The molecular formula is C20H24N4O3. The van der Waals surface area contributed by atoms with Crippen molar-refractivity contribution in [3.63, 3.8) is 0 Å². The van der Waals surface area contributed by atoms with E-state index in [0.29, 0.717) is 11.4 Å². The summed E-state index contributed by atoms with van der Waals surface area (Å²) < 4.78 is 4.64. The van der Waals surface area contributed by atoms with Crippen LogP contribution < -0.4 is 16.4 Å². The van der Waals surface area contributed by atoms with Gasteiger partial charge < -0.3 is 15.8 Å². The summed E-state index contributed by atoms with van der Waals surface area (Å²) in [6.07, 6.45) is 3.53. The Morgan fingerprint density at radius 3 is 2.89 bits per heavy atom. The Labute approximate surface area is 158 Å². The van der Waals surface area contributed by atoms with Gasteiger partial charge in [0.2, 0.25) is 5.91 Å². The van der Waals surface area contributed by atoms with Crippen LogP contribution in [0.3, 0.4) is 0 Å². The molecule has 4 N–H and O–H groups in total. The first-order valence-electron chi connectivity index (χ1n) is 8.99. The number of methoxy groups -OCH3 is 1. The minimum Gasteiger partial charge on any atom is -0.453 e. The maximum absolute atomic E-state index is 12.6. The van der Waals surface area contributed by atoms with E-state index in [-0.39, 0.29) is 17.9 Å². The Hall–Kier alpha value is -2.93. The van der Waals surface area contributed by atoms with E-state index in [1.54, 1.807) is 18.3 Å². The van der Waals surface area contributed by atoms with Crippen molar-refractivity contribution >= 4 is 23.4 Å². The number of amides is 2. The molecule has 0 aliphatic carbocycles. The zero-order valence-corrected chi connectivity index (χ0v) is 15.5. The lowest BCUT2D eigenvalue weighted by atomic mass is 9.96. The molecule has 1 aliphatic rings. The van der Waals surface area contributed by atoms with Gasteiger partial charge in [0.1, 0.15) is 0 Å². The molecule has 1 aliphatic heterocycles. The Balaban J connectivity index is 2.07. The fraction of sp³-hybridized carbons (Fsp3) is 0.350. The average molecular weight is 368 g/mol. The number of carbonyl (C=O) groups excluding carboxylic acids is 2. The third-order valence-corrected chi connectivity index (χ3v) is 4.78. The van der Waals surface area contributed by atoms with E-state index in [4.69, 9.17) is 5.73 Å². The lowest BCUT2D eigenvalue weighted by Crippen LogP contribution is -2.22. The fourth-order valence-corrected chi connectivity index (χ4v) is 3.14. The minimum absolute atomic E-state index is 0.0603. The highest BCUT2D eigenvalue weighted by Crippen LogP contribution is 2.33. The summed E-state index contributed by atoms with van der Waals surface area (Å²) in [5.74, 6) is -0.206. The second kappa shape index (κ2) is 8.18. The lowest BCUT2D eigenvalue weighted by molar-refractivity contribution is -0.119. The number of hydrogen-bond acceptors (Lipinski definition) is 5. The maximum Gasteiger partial charge on any atom is 0.411 e. The average Bonchev–Trinajstić information content (AvgIpc) is 2.67. The molecule has 3 rings (SSSR count). The number of ether oxygens (including phenoxy) is 1. The molecule has 142 valence electrons. The summed E-state index contributed by atoms with van der Waals surface area (Å²) in [7, 11) is 1.30. The predicted molar refractivity (Wildman–Crippen MR) is 104 cm³/mol. The van der Waals surface area contributed by atoms with Crippen LogP contribution in [0.4, 0.5) is 16.2 Å². The molecule has 27 heavy (non-hydrogen) atoms. The topological polar surface area (TPSA) is 106 Å². The number of nitrogens with zero attached hydrogens (tertiary/aromatic N) is 1. The number of carbonyl (C=O) groups is 2. The molecule has 2 amide bonds. The van der Waals surface area contributed by atoms with Gasteiger partial charge in [0.05, 0.1) is 18.5 Å². The third kappa shape index (κ3) is 4.43. The summed E-state index contributed by atoms with van der Waals surface area (Å²) >= 11 is 0. The molecule has 7 heteroatoms. The van der Waals surface area contributed by atoms with Crippen LogP contribution in [-0.4, -0.2) is 24.1 Å². The highest BCUT2D eigenvalue weighted by Gasteiger charge is 2.19. The Kier molecular flexibility index (Phi) is 5.71. The fourth-order valence-electron chi connectivity index (χ4n) is 3.14. The van der Waals surface area contributed by atoms with Gasteiger partial charge in [-0.25, -0.2) is 4.79 Å². The van der Waals surface area contributed by atoms with Gasteiger partial charge in [-0.15, -0.1) is 0 Å². The van der Waals surface area contributed by atoms with Crippen LogP contribution in [0.5, 0.6) is 0 Å². The standard InChI is InChI=1S/C20H24N4O3/c1-12-4-3-5-16(21)18-10-13(8-9-22-18)15-7-6-14(23-20(26)27-2)11-17(15)24-19(12)25/h6-12,16H,3-5,21H2,1-2H3,(H,23,26)(H,24,25)/t12-,16?/m0/s1. The predicted octanol–water partition coefficient (Wildman–Crippen LogP) is 3.69. The second-order valence-electron chi connectivity index (χ2n) is 6.77. The molecule has 2 aromatic rings. The maximum atomic E-state index is 12.6. The van der Waals surface area contributed by atoms with Crippen LogP contribution in [0.2, 0.25) is 0 Å². The van der Waals surface area contributed by atoms with Gasteiger partial charge in [0.15, 0.2) is 0 Å². The van der Waals surface area contributed by atoms with Crippen LogP contribution in [0, 0.1) is 5.92 Å². The molecule has 0 saturated heterocycles. The molecule has 0 fully saturated rings. The van der Waals surface area contributed by atoms with Crippen molar-refractivity contribution in [3.8, 4) is 11.1 Å². The smallest absolute Gasteiger partial charge is 0.411 e. The first-order chi connectivity index (χ1) is 13.0. The molecule has 2 atom stereocenters. The van der Waals surface area contributed by atoms with Gasteiger partial charge in [0, 0.05) is 29.4 Å². The number of rotatable bonds is 1. The highest BCUT2D eigenvalue weighted by molar-refractivity contribution is 5.98. The number of pyridine rings is 1. The van der Waals surface area contributed by atoms with Gasteiger partial charge in [-0.3, -0.25) is 15.1 Å². The van der Waals surface area contributed by atoms with E-state index in [9.17, 15) is 9.59 Å².